The van der Waals surface area contributed by atoms with Crippen LogP contribution in [0.3, 0.4) is 0 Å². The van der Waals surface area contributed by atoms with Crippen LogP contribution in [0, 0.1) is 0 Å². The van der Waals surface area contributed by atoms with Gasteiger partial charge in [-0.05, 0) is 33.9 Å². The fraction of sp³-hybridized carbons (Fsp3) is 0.368. The first-order valence-corrected chi connectivity index (χ1v) is 10.6. The molecule has 1 aromatic heterocycles. The minimum atomic E-state index is -0.203. The number of nitrogens with one attached hydrogen (secondary N) is 2. The molecule has 150 valence electrons. The van der Waals surface area contributed by atoms with Gasteiger partial charge in [0.1, 0.15) is 13.2 Å². The van der Waals surface area contributed by atoms with Crippen molar-refractivity contribution < 1.29 is 19.1 Å². The van der Waals surface area contributed by atoms with E-state index in [1.165, 1.54) is 0 Å². The SMILES string of the molecule is CCN(CC(=O)NCc1cccs1)CC(=O)Nc1cc2c(cc1Br)OCCO2. The van der Waals surface area contributed by atoms with Crippen molar-refractivity contribution in [2.24, 2.45) is 0 Å². The molecule has 3 rings (SSSR count). The van der Waals surface area contributed by atoms with E-state index in [2.05, 4.69) is 26.6 Å². The number of amides is 2. The molecule has 0 aliphatic carbocycles. The highest BCUT2D eigenvalue weighted by Gasteiger charge is 2.18. The van der Waals surface area contributed by atoms with Crippen molar-refractivity contribution in [3.05, 3.63) is 39.0 Å². The summed E-state index contributed by atoms with van der Waals surface area (Å²) in [7, 11) is 0. The van der Waals surface area contributed by atoms with Gasteiger partial charge in [0.2, 0.25) is 11.8 Å². The zero-order valence-electron chi connectivity index (χ0n) is 15.5. The number of carbonyl (C=O) groups is 2. The van der Waals surface area contributed by atoms with E-state index >= 15 is 0 Å². The molecule has 1 aliphatic rings. The van der Waals surface area contributed by atoms with Crippen LogP contribution in [0.15, 0.2) is 34.1 Å². The number of fused-ring (bicyclic) bond motifs is 1. The van der Waals surface area contributed by atoms with Crippen molar-refractivity contribution in [1.82, 2.24) is 10.2 Å². The van der Waals surface area contributed by atoms with Crippen LogP contribution in [0.5, 0.6) is 11.5 Å². The quantitative estimate of drug-likeness (QED) is 0.623. The molecule has 28 heavy (non-hydrogen) atoms. The number of nitrogens with zero attached hydrogens (tertiary/aromatic N) is 1. The predicted molar refractivity (Wildman–Crippen MR) is 112 cm³/mol. The zero-order valence-corrected chi connectivity index (χ0v) is 17.9. The average molecular weight is 468 g/mol. The first kappa shape index (κ1) is 20.6. The number of hydrogen-bond donors (Lipinski definition) is 2. The predicted octanol–water partition coefficient (Wildman–Crippen LogP) is 2.86. The van der Waals surface area contributed by atoms with Gasteiger partial charge in [0.05, 0.1) is 25.3 Å². The monoisotopic (exact) mass is 467 g/mol. The summed E-state index contributed by atoms with van der Waals surface area (Å²) in [5.41, 5.74) is 0.604. The molecule has 0 spiro atoms. The fourth-order valence-corrected chi connectivity index (χ4v) is 3.76. The molecular weight excluding hydrogens is 446 g/mol. The highest BCUT2D eigenvalue weighted by atomic mass is 79.9. The van der Waals surface area contributed by atoms with Crippen molar-refractivity contribution in [3.8, 4) is 11.5 Å². The Hall–Kier alpha value is -2.10. The second-order valence-corrected chi connectivity index (χ2v) is 8.07. The standard InChI is InChI=1S/C19H22BrN3O4S/c1-2-23(11-18(24)21-10-13-4-3-7-28-13)12-19(25)22-15-9-17-16(8-14(15)20)26-5-6-27-17/h3-4,7-9H,2,5-6,10-12H2,1H3,(H,21,24)(H,22,25). The third-order valence-electron chi connectivity index (χ3n) is 4.13. The molecule has 0 radical (unpaired) electrons. The molecular formula is C19H22BrN3O4S. The van der Waals surface area contributed by atoms with Gasteiger partial charge in [0.15, 0.2) is 11.5 Å². The molecule has 0 atom stereocenters. The smallest absolute Gasteiger partial charge is 0.238 e. The number of thiophene rings is 1. The number of hydrogen-bond acceptors (Lipinski definition) is 6. The molecule has 2 aromatic rings. The lowest BCUT2D eigenvalue weighted by Crippen LogP contribution is -2.40. The number of rotatable bonds is 8. The van der Waals surface area contributed by atoms with E-state index in [-0.39, 0.29) is 24.9 Å². The third kappa shape index (κ3) is 5.70. The van der Waals surface area contributed by atoms with E-state index in [1.807, 2.05) is 24.4 Å². The van der Waals surface area contributed by atoms with Gasteiger partial charge in [0.25, 0.3) is 0 Å². The minimum absolute atomic E-state index is 0.108. The van der Waals surface area contributed by atoms with Crippen LogP contribution in [-0.4, -0.2) is 49.6 Å². The molecule has 7 nitrogen and oxygen atoms in total. The number of carbonyl (C=O) groups excluding carboxylic acids is 2. The molecule has 0 fully saturated rings. The normalized spacial score (nSPS) is 12.7. The molecule has 2 amide bonds. The molecule has 1 aliphatic heterocycles. The van der Waals surface area contributed by atoms with Crippen LogP contribution in [0.1, 0.15) is 11.8 Å². The highest BCUT2D eigenvalue weighted by molar-refractivity contribution is 9.10. The summed E-state index contributed by atoms with van der Waals surface area (Å²) in [5, 5.41) is 7.71. The van der Waals surface area contributed by atoms with Crippen LogP contribution in [0.25, 0.3) is 0 Å². The summed E-state index contributed by atoms with van der Waals surface area (Å²) >= 11 is 5.04. The topological polar surface area (TPSA) is 79.9 Å². The van der Waals surface area contributed by atoms with E-state index in [1.54, 1.807) is 28.4 Å². The minimum Gasteiger partial charge on any atom is -0.486 e. The second-order valence-electron chi connectivity index (χ2n) is 6.18. The van der Waals surface area contributed by atoms with E-state index < -0.39 is 0 Å². The van der Waals surface area contributed by atoms with Gasteiger partial charge in [0, 0.05) is 21.5 Å². The van der Waals surface area contributed by atoms with Crippen molar-refractivity contribution >= 4 is 44.8 Å². The van der Waals surface area contributed by atoms with Crippen LogP contribution >= 0.6 is 27.3 Å². The Balaban J connectivity index is 1.51. The number of anilines is 1. The highest BCUT2D eigenvalue weighted by Crippen LogP contribution is 2.38. The fourth-order valence-electron chi connectivity index (χ4n) is 2.69. The van der Waals surface area contributed by atoms with Crippen LogP contribution in [-0.2, 0) is 16.1 Å². The van der Waals surface area contributed by atoms with Gasteiger partial charge >= 0.3 is 0 Å². The Morgan fingerprint density at radius 1 is 1.18 bits per heavy atom. The Kier molecular flexibility index (Phi) is 7.30. The first-order chi connectivity index (χ1) is 13.5. The van der Waals surface area contributed by atoms with Crippen LogP contribution < -0.4 is 20.1 Å². The average Bonchev–Trinajstić information content (AvgIpc) is 3.20. The van der Waals surface area contributed by atoms with Gasteiger partial charge < -0.3 is 20.1 Å². The molecule has 2 heterocycles. The van der Waals surface area contributed by atoms with Gasteiger partial charge in [-0.1, -0.05) is 13.0 Å². The number of likely N-dealkylation sites (N-methyl/N-ethyl adjacent to an activating group) is 1. The molecule has 0 saturated heterocycles. The number of halogens is 1. The molecule has 9 heteroatoms. The molecule has 0 bridgehead atoms. The number of ether oxygens (including phenoxy) is 2. The second kappa shape index (κ2) is 9.90. The summed E-state index contributed by atoms with van der Waals surface area (Å²) in [4.78, 5) is 27.5. The lowest BCUT2D eigenvalue weighted by atomic mass is 10.2. The van der Waals surface area contributed by atoms with Crippen molar-refractivity contribution in [3.63, 3.8) is 0 Å². The summed E-state index contributed by atoms with van der Waals surface area (Å²) in [6, 6.07) is 7.44. The van der Waals surface area contributed by atoms with E-state index in [4.69, 9.17) is 9.47 Å². The Labute approximate surface area is 176 Å². The summed E-state index contributed by atoms with van der Waals surface area (Å²) in [6.07, 6.45) is 0. The third-order valence-corrected chi connectivity index (χ3v) is 5.66. The summed E-state index contributed by atoms with van der Waals surface area (Å²) in [5.74, 6) is 0.938. The molecule has 1 aromatic carbocycles. The first-order valence-electron chi connectivity index (χ1n) is 8.95. The van der Waals surface area contributed by atoms with Gasteiger partial charge in [-0.15, -0.1) is 11.3 Å². The van der Waals surface area contributed by atoms with Crippen molar-refractivity contribution in [2.75, 3.05) is 38.2 Å². The Morgan fingerprint density at radius 3 is 2.57 bits per heavy atom. The van der Waals surface area contributed by atoms with E-state index in [0.29, 0.717) is 48.0 Å². The maximum absolute atomic E-state index is 12.5. The van der Waals surface area contributed by atoms with E-state index in [9.17, 15) is 9.59 Å². The summed E-state index contributed by atoms with van der Waals surface area (Å²) in [6.45, 7) is 4.27. The van der Waals surface area contributed by atoms with Crippen LogP contribution in [0.4, 0.5) is 5.69 Å². The van der Waals surface area contributed by atoms with E-state index in [0.717, 1.165) is 4.88 Å². The Morgan fingerprint density at radius 2 is 1.89 bits per heavy atom. The van der Waals surface area contributed by atoms with Gasteiger partial charge in [-0.2, -0.15) is 0 Å². The van der Waals surface area contributed by atoms with Crippen molar-refractivity contribution in [2.45, 2.75) is 13.5 Å². The Bertz CT molecular complexity index is 829. The molecule has 0 unspecified atom stereocenters. The lowest BCUT2D eigenvalue weighted by Gasteiger charge is -2.21. The maximum Gasteiger partial charge on any atom is 0.238 e. The maximum atomic E-state index is 12.5. The number of benzene rings is 1. The van der Waals surface area contributed by atoms with Gasteiger partial charge in [-0.25, -0.2) is 0 Å². The van der Waals surface area contributed by atoms with Crippen molar-refractivity contribution in [1.29, 1.82) is 0 Å². The molecule has 2 N–H and O–H groups in total. The largest absolute Gasteiger partial charge is 0.486 e. The molecule has 0 saturated carbocycles. The summed E-state index contributed by atoms with van der Waals surface area (Å²) < 4.78 is 11.8. The zero-order chi connectivity index (χ0) is 19.9. The van der Waals surface area contributed by atoms with Crippen LogP contribution in [0.2, 0.25) is 0 Å². The lowest BCUT2D eigenvalue weighted by molar-refractivity contribution is -0.123. The van der Waals surface area contributed by atoms with Gasteiger partial charge in [-0.3, -0.25) is 14.5 Å².